The summed E-state index contributed by atoms with van der Waals surface area (Å²) >= 11 is 1.46. The van der Waals surface area contributed by atoms with E-state index in [0.717, 1.165) is 35.4 Å². The fourth-order valence-electron chi connectivity index (χ4n) is 2.24. The third kappa shape index (κ3) is 2.41. The van der Waals surface area contributed by atoms with E-state index in [4.69, 9.17) is 4.74 Å². The van der Waals surface area contributed by atoms with Crippen molar-refractivity contribution in [2.24, 2.45) is 0 Å². The van der Waals surface area contributed by atoms with Crippen LogP contribution in [0.2, 0.25) is 0 Å². The van der Waals surface area contributed by atoms with Gasteiger partial charge in [-0.3, -0.25) is 4.79 Å². The highest BCUT2D eigenvalue weighted by atomic mass is 32.1. The topological polar surface area (TPSA) is 63.2 Å². The van der Waals surface area contributed by atoms with E-state index in [9.17, 15) is 4.79 Å². The molecule has 1 atom stereocenters. The van der Waals surface area contributed by atoms with Crippen molar-refractivity contribution in [2.45, 2.75) is 18.9 Å². The summed E-state index contributed by atoms with van der Waals surface area (Å²) in [6, 6.07) is 5.67. The van der Waals surface area contributed by atoms with Crippen LogP contribution in [-0.4, -0.2) is 30.6 Å². The number of para-hydroxylation sites is 1. The number of anilines is 1. The number of methoxy groups -OCH3 is 1. The average molecular weight is 277 g/mol. The van der Waals surface area contributed by atoms with Gasteiger partial charge in [-0.05, 0) is 31.5 Å². The first-order valence-corrected chi connectivity index (χ1v) is 7.07. The smallest absolute Gasteiger partial charge is 0.243 e. The normalized spacial score (nSPS) is 18.7. The average Bonchev–Trinajstić information content (AvgIpc) is 3.06. The molecule has 5 nitrogen and oxygen atoms in total. The number of rotatable bonds is 3. The zero-order chi connectivity index (χ0) is 13.2. The van der Waals surface area contributed by atoms with Crippen molar-refractivity contribution in [1.82, 2.24) is 10.3 Å². The zero-order valence-corrected chi connectivity index (χ0v) is 11.4. The summed E-state index contributed by atoms with van der Waals surface area (Å²) in [6.45, 7) is 0.908. The minimum atomic E-state index is -0.0890. The lowest BCUT2D eigenvalue weighted by Gasteiger charge is -2.08. The van der Waals surface area contributed by atoms with Crippen LogP contribution in [0.1, 0.15) is 12.8 Å². The van der Waals surface area contributed by atoms with Crippen molar-refractivity contribution in [3.05, 3.63) is 18.2 Å². The van der Waals surface area contributed by atoms with Crippen LogP contribution in [-0.2, 0) is 4.79 Å². The van der Waals surface area contributed by atoms with Crippen LogP contribution in [0.4, 0.5) is 5.13 Å². The van der Waals surface area contributed by atoms with E-state index in [1.54, 1.807) is 7.11 Å². The summed E-state index contributed by atoms with van der Waals surface area (Å²) in [5.41, 5.74) is 0.796. The van der Waals surface area contributed by atoms with Gasteiger partial charge in [-0.2, -0.15) is 0 Å². The van der Waals surface area contributed by atoms with Gasteiger partial charge in [0.05, 0.1) is 17.9 Å². The lowest BCUT2D eigenvalue weighted by molar-refractivity contribution is -0.117. The molecule has 1 amide bonds. The number of carbonyl (C=O) groups is 1. The fraction of sp³-hybridized carbons (Fsp3) is 0.385. The molecule has 0 bridgehead atoms. The maximum atomic E-state index is 12.0. The minimum absolute atomic E-state index is 0.00415. The van der Waals surface area contributed by atoms with Crippen molar-refractivity contribution in [2.75, 3.05) is 19.0 Å². The second-order valence-electron chi connectivity index (χ2n) is 4.46. The Morgan fingerprint density at radius 1 is 1.58 bits per heavy atom. The predicted molar refractivity (Wildman–Crippen MR) is 75.8 cm³/mol. The molecule has 1 aliphatic heterocycles. The highest BCUT2D eigenvalue weighted by molar-refractivity contribution is 7.22. The largest absolute Gasteiger partial charge is 0.494 e. The molecule has 0 spiro atoms. The van der Waals surface area contributed by atoms with E-state index >= 15 is 0 Å². The Kier molecular flexibility index (Phi) is 3.35. The minimum Gasteiger partial charge on any atom is -0.494 e. The molecule has 6 heteroatoms. The molecular formula is C13H15N3O2S. The number of carbonyl (C=O) groups excluding carboxylic acids is 1. The molecule has 2 N–H and O–H groups in total. The summed E-state index contributed by atoms with van der Waals surface area (Å²) in [7, 11) is 1.62. The van der Waals surface area contributed by atoms with Gasteiger partial charge in [0.15, 0.2) is 5.13 Å². The van der Waals surface area contributed by atoms with Gasteiger partial charge in [0, 0.05) is 0 Å². The van der Waals surface area contributed by atoms with E-state index in [1.165, 1.54) is 11.3 Å². The van der Waals surface area contributed by atoms with Crippen LogP contribution in [0.25, 0.3) is 10.2 Å². The first-order valence-electron chi connectivity index (χ1n) is 6.26. The molecule has 1 aromatic heterocycles. The second kappa shape index (κ2) is 5.14. The molecular weight excluding hydrogens is 262 g/mol. The SMILES string of the molecule is COc1cccc2sc(NC(=O)C3CCCN3)nc12. The van der Waals surface area contributed by atoms with Crippen molar-refractivity contribution < 1.29 is 9.53 Å². The fourth-order valence-corrected chi connectivity index (χ4v) is 3.13. The number of benzene rings is 1. The van der Waals surface area contributed by atoms with Crippen LogP contribution in [0, 0.1) is 0 Å². The molecule has 0 saturated carbocycles. The van der Waals surface area contributed by atoms with Gasteiger partial charge in [0.1, 0.15) is 11.3 Å². The molecule has 19 heavy (non-hydrogen) atoms. The molecule has 100 valence electrons. The predicted octanol–water partition coefficient (Wildman–Crippen LogP) is 2.00. The van der Waals surface area contributed by atoms with Crippen LogP contribution in [0.3, 0.4) is 0 Å². The summed E-state index contributed by atoms with van der Waals surface area (Å²) in [6.07, 6.45) is 1.94. The van der Waals surface area contributed by atoms with Crippen LogP contribution >= 0.6 is 11.3 Å². The maximum absolute atomic E-state index is 12.0. The number of ether oxygens (including phenoxy) is 1. The molecule has 1 aliphatic rings. The Balaban J connectivity index is 1.83. The van der Waals surface area contributed by atoms with Crippen molar-refractivity contribution >= 4 is 32.6 Å². The molecule has 1 aromatic carbocycles. The van der Waals surface area contributed by atoms with E-state index in [-0.39, 0.29) is 11.9 Å². The van der Waals surface area contributed by atoms with Gasteiger partial charge >= 0.3 is 0 Å². The number of amides is 1. The summed E-state index contributed by atoms with van der Waals surface area (Å²) < 4.78 is 6.27. The summed E-state index contributed by atoms with van der Waals surface area (Å²) in [5, 5.41) is 6.67. The van der Waals surface area contributed by atoms with Gasteiger partial charge in [0.2, 0.25) is 5.91 Å². The Hall–Kier alpha value is -1.66. The van der Waals surface area contributed by atoms with E-state index < -0.39 is 0 Å². The van der Waals surface area contributed by atoms with Crippen molar-refractivity contribution in [3.63, 3.8) is 0 Å². The Morgan fingerprint density at radius 2 is 2.47 bits per heavy atom. The van der Waals surface area contributed by atoms with Gasteiger partial charge in [-0.15, -0.1) is 0 Å². The van der Waals surface area contributed by atoms with Crippen molar-refractivity contribution in [1.29, 1.82) is 0 Å². The Bertz CT molecular complexity index is 605. The molecule has 0 radical (unpaired) electrons. The van der Waals surface area contributed by atoms with E-state index in [2.05, 4.69) is 15.6 Å². The molecule has 2 aromatic rings. The van der Waals surface area contributed by atoms with Gasteiger partial charge in [-0.25, -0.2) is 4.98 Å². The lowest BCUT2D eigenvalue weighted by Crippen LogP contribution is -2.35. The van der Waals surface area contributed by atoms with Gasteiger partial charge in [0.25, 0.3) is 0 Å². The third-order valence-electron chi connectivity index (χ3n) is 3.21. The number of nitrogens with zero attached hydrogens (tertiary/aromatic N) is 1. The monoisotopic (exact) mass is 277 g/mol. The number of aromatic nitrogens is 1. The Morgan fingerprint density at radius 3 is 3.21 bits per heavy atom. The molecule has 3 rings (SSSR count). The molecule has 1 unspecified atom stereocenters. The standard InChI is InChI=1S/C13H15N3O2S/c1-18-9-5-2-6-10-11(9)15-13(19-10)16-12(17)8-4-3-7-14-8/h2,5-6,8,14H,3-4,7H2,1H3,(H,15,16,17). The summed E-state index contributed by atoms with van der Waals surface area (Å²) in [4.78, 5) is 16.4. The van der Waals surface area contributed by atoms with Crippen LogP contribution < -0.4 is 15.4 Å². The van der Waals surface area contributed by atoms with E-state index in [1.807, 2.05) is 18.2 Å². The van der Waals surface area contributed by atoms with E-state index in [0.29, 0.717) is 5.13 Å². The lowest BCUT2D eigenvalue weighted by atomic mass is 10.2. The third-order valence-corrected chi connectivity index (χ3v) is 4.14. The van der Waals surface area contributed by atoms with Gasteiger partial charge < -0.3 is 15.4 Å². The Labute approximate surface area is 115 Å². The molecule has 1 saturated heterocycles. The summed E-state index contributed by atoms with van der Waals surface area (Å²) in [5.74, 6) is 0.726. The number of hydrogen-bond acceptors (Lipinski definition) is 5. The van der Waals surface area contributed by atoms with Crippen LogP contribution in [0.5, 0.6) is 5.75 Å². The van der Waals surface area contributed by atoms with Gasteiger partial charge in [-0.1, -0.05) is 17.4 Å². The highest BCUT2D eigenvalue weighted by Gasteiger charge is 2.23. The molecule has 0 aliphatic carbocycles. The zero-order valence-electron chi connectivity index (χ0n) is 10.6. The number of hydrogen-bond donors (Lipinski definition) is 2. The molecule has 2 heterocycles. The second-order valence-corrected chi connectivity index (χ2v) is 5.49. The first kappa shape index (κ1) is 12.4. The number of thiazole rings is 1. The highest BCUT2D eigenvalue weighted by Crippen LogP contribution is 2.32. The maximum Gasteiger partial charge on any atom is 0.243 e. The quantitative estimate of drug-likeness (QED) is 0.900. The van der Waals surface area contributed by atoms with Crippen LogP contribution in [0.15, 0.2) is 18.2 Å². The molecule has 1 fully saturated rings. The number of fused-ring (bicyclic) bond motifs is 1. The number of nitrogens with one attached hydrogen (secondary N) is 2. The van der Waals surface area contributed by atoms with Crippen molar-refractivity contribution in [3.8, 4) is 5.75 Å². The first-order chi connectivity index (χ1) is 9.28.